The minimum Gasteiger partial charge on any atom is -0.465 e. The van der Waals surface area contributed by atoms with E-state index in [4.69, 9.17) is 9.47 Å². The van der Waals surface area contributed by atoms with Crippen molar-refractivity contribution in [1.29, 1.82) is 0 Å². The molecule has 0 aromatic carbocycles. The van der Waals surface area contributed by atoms with Gasteiger partial charge in [-0.05, 0) is 20.3 Å². The van der Waals surface area contributed by atoms with Crippen LogP contribution >= 0.6 is 0 Å². The standard InChI is InChI=1S/C13H18O4/c1-3-5-6-8-13(12(15)17-4-2)10-16-9-7-11(13)14/h4,6-10H2,1-2H3. The van der Waals surface area contributed by atoms with Gasteiger partial charge in [0.1, 0.15) is 0 Å². The summed E-state index contributed by atoms with van der Waals surface area (Å²) in [7, 11) is 0. The van der Waals surface area contributed by atoms with Crippen molar-refractivity contribution >= 4 is 11.8 Å². The molecule has 1 fully saturated rings. The predicted octanol–water partition coefficient (Wildman–Crippen LogP) is 1.33. The third-order valence-corrected chi connectivity index (χ3v) is 2.88. The first-order valence-corrected chi connectivity index (χ1v) is 5.85. The lowest BCUT2D eigenvalue weighted by Crippen LogP contribution is -2.48. The summed E-state index contributed by atoms with van der Waals surface area (Å²) >= 11 is 0. The Morgan fingerprint density at radius 2 is 2.35 bits per heavy atom. The number of esters is 1. The highest BCUT2D eigenvalue weighted by Crippen LogP contribution is 2.32. The average molecular weight is 238 g/mol. The molecule has 0 aromatic heterocycles. The van der Waals surface area contributed by atoms with Gasteiger partial charge in [-0.2, -0.15) is 0 Å². The number of ether oxygens (including phenoxy) is 2. The fourth-order valence-corrected chi connectivity index (χ4v) is 1.89. The fraction of sp³-hybridized carbons (Fsp3) is 0.692. The molecule has 1 rings (SSSR count). The molecular weight excluding hydrogens is 220 g/mol. The minimum atomic E-state index is -1.13. The van der Waals surface area contributed by atoms with Crippen molar-refractivity contribution in [3.63, 3.8) is 0 Å². The van der Waals surface area contributed by atoms with E-state index < -0.39 is 11.4 Å². The van der Waals surface area contributed by atoms with Crippen molar-refractivity contribution in [3.8, 4) is 11.8 Å². The Kier molecular flexibility index (Phi) is 5.17. The van der Waals surface area contributed by atoms with Gasteiger partial charge in [-0.1, -0.05) is 0 Å². The smallest absolute Gasteiger partial charge is 0.322 e. The van der Waals surface area contributed by atoms with Gasteiger partial charge in [0.2, 0.25) is 0 Å². The van der Waals surface area contributed by atoms with E-state index in [1.165, 1.54) is 0 Å². The van der Waals surface area contributed by atoms with Crippen LogP contribution in [0, 0.1) is 17.3 Å². The van der Waals surface area contributed by atoms with E-state index >= 15 is 0 Å². The molecule has 1 aliphatic heterocycles. The number of rotatable bonds is 4. The number of carbonyl (C=O) groups excluding carboxylic acids is 2. The number of Topliss-reactive ketones (excluding diaryl/α,β-unsaturated/α-hetero) is 1. The lowest BCUT2D eigenvalue weighted by molar-refractivity contribution is -0.169. The second-order valence-corrected chi connectivity index (χ2v) is 3.96. The molecule has 94 valence electrons. The van der Waals surface area contributed by atoms with Gasteiger partial charge in [-0.3, -0.25) is 9.59 Å². The molecule has 4 heteroatoms. The monoisotopic (exact) mass is 238 g/mol. The Bertz CT molecular complexity index is 350. The van der Waals surface area contributed by atoms with Crippen LogP contribution < -0.4 is 0 Å². The summed E-state index contributed by atoms with van der Waals surface area (Å²) in [5.74, 6) is 5.08. The van der Waals surface area contributed by atoms with E-state index in [1.54, 1.807) is 13.8 Å². The molecule has 1 atom stereocenters. The number of ketones is 1. The van der Waals surface area contributed by atoms with Crippen molar-refractivity contribution in [1.82, 2.24) is 0 Å². The zero-order valence-electron chi connectivity index (χ0n) is 10.4. The number of carbonyl (C=O) groups is 2. The van der Waals surface area contributed by atoms with E-state index in [-0.39, 0.29) is 25.4 Å². The second-order valence-electron chi connectivity index (χ2n) is 3.96. The van der Waals surface area contributed by atoms with Crippen LogP contribution in [-0.4, -0.2) is 31.6 Å². The molecule has 1 unspecified atom stereocenters. The molecule has 1 saturated heterocycles. The van der Waals surface area contributed by atoms with Gasteiger partial charge in [-0.25, -0.2) is 0 Å². The zero-order chi connectivity index (χ0) is 12.7. The van der Waals surface area contributed by atoms with Crippen LogP contribution in [0.15, 0.2) is 0 Å². The maximum Gasteiger partial charge on any atom is 0.322 e. The lowest BCUT2D eigenvalue weighted by atomic mass is 9.77. The lowest BCUT2D eigenvalue weighted by Gasteiger charge is -2.32. The zero-order valence-corrected chi connectivity index (χ0v) is 10.4. The fourth-order valence-electron chi connectivity index (χ4n) is 1.89. The number of hydrogen-bond acceptors (Lipinski definition) is 4. The maximum absolute atomic E-state index is 12.0. The first-order chi connectivity index (χ1) is 8.17. The maximum atomic E-state index is 12.0. The van der Waals surface area contributed by atoms with Crippen molar-refractivity contribution in [2.24, 2.45) is 5.41 Å². The van der Waals surface area contributed by atoms with Gasteiger partial charge in [0.15, 0.2) is 11.2 Å². The molecule has 4 nitrogen and oxygen atoms in total. The third-order valence-electron chi connectivity index (χ3n) is 2.88. The summed E-state index contributed by atoms with van der Waals surface area (Å²) in [5.41, 5.74) is -1.13. The van der Waals surface area contributed by atoms with E-state index in [9.17, 15) is 9.59 Å². The van der Waals surface area contributed by atoms with Crippen LogP contribution in [0.2, 0.25) is 0 Å². The molecule has 0 bridgehead atoms. The van der Waals surface area contributed by atoms with E-state index in [0.29, 0.717) is 19.4 Å². The first-order valence-electron chi connectivity index (χ1n) is 5.85. The summed E-state index contributed by atoms with van der Waals surface area (Å²) in [6.07, 6.45) is 1.16. The minimum absolute atomic E-state index is 0.0832. The highest BCUT2D eigenvalue weighted by atomic mass is 16.5. The van der Waals surface area contributed by atoms with Crippen molar-refractivity contribution < 1.29 is 19.1 Å². The third kappa shape index (κ3) is 3.07. The molecule has 0 N–H and O–H groups in total. The second kappa shape index (κ2) is 6.41. The summed E-state index contributed by atoms with van der Waals surface area (Å²) < 4.78 is 10.3. The quantitative estimate of drug-likeness (QED) is 0.421. The first kappa shape index (κ1) is 13.7. The summed E-state index contributed by atoms with van der Waals surface area (Å²) in [6.45, 7) is 4.24. The molecule has 0 aromatic rings. The molecule has 1 aliphatic rings. The Labute approximate surface area is 102 Å². The van der Waals surface area contributed by atoms with Gasteiger partial charge in [-0.15, -0.1) is 11.8 Å². The van der Waals surface area contributed by atoms with Crippen LogP contribution in [0.5, 0.6) is 0 Å². The van der Waals surface area contributed by atoms with Crippen LogP contribution in [0.3, 0.4) is 0 Å². The van der Waals surface area contributed by atoms with Crippen LogP contribution in [-0.2, 0) is 19.1 Å². The molecule has 0 aliphatic carbocycles. The van der Waals surface area contributed by atoms with E-state index in [0.717, 1.165) is 0 Å². The van der Waals surface area contributed by atoms with Crippen LogP contribution in [0.25, 0.3) is 0 Å². The van der Waals surface area contributed by atoms with Crippen molar-refractivity contribution in [3.05, 3.63) is 0 Å². The highest BCUT2D eigenvalue weighted by Gasteiger charge is 2.48. The van der Waals surface area contributed by atoms with Gasteiger partial charge in [0, 0.05) is 12.8 Å². The Morgan fingerprint density at radius 1 is 1.59 bits per heavy atom. The molecule has 17 heavy (non-hydrogen) atoms. The Morgan fingerprint density at radius 3 is 2.94 bits per heavy atom. The van der Waals surface area contributed by atoms with E-state index in [2.05, 4.69) is 11.8 Å². The summed E-state index contributed by atoms with van der Waals surface area (Å²) in [6, 6.07) is 0. The molecule has 0 amide bonds. The topological polar surface area (TPSA) is 52.6 Å². The molecule has 0 saturated carbocycles. The molecule has 0 spiro atoms. The molecule has 0 radical (unpaired) electrons. The van der Waals surface area contributed by atoms with Crippen molar-refractivity contribution in [2.45, 2.75) is 33.1 Å². The normalized spacial score (nSPS) is 23.8. The SMILES string of the molecule is CC#CCCC1(C(=O)OCC)COCCC1=O. The summed E-state index contributed by atoms with van der Waals surface area (Å²) in [5, 5.41) is 0. The van der Waals surface area contributed by atoms with Crippen LogP contribution in [0.4, 0.5) is 0 Å². The van der Waals surface area contributed by atoms with E-state index in [1.807, 2.05) is 0 Å². The van der Waals surface area contributed by atoms with Crippen molar-refractivity contribution in [2.75, 3.05) is 19.8 Å². The average Bonchev–Trinajstić information content (AvgIpc) is 2.32. The van der Waals surface area contributed by atoms with Gasteiger partial charge in [0.05, 0.1) is 19.8 Å². The van der Waals surface area contributed by atoms with Gasteiger partial charge < -0.3 is 9.47 Å². The summed E-state index contributed by atoms with van der Waals surface area (Å²) in [4.78, 5) is 24.0. The predicted molar refractivity (Wildman–Crippen MR) is 62.2 cm³/mol. The highest BCUT2D eigenvalue weighted by molar-refractivity contribution is 6.04. The van der Waals surface area contributed by atoms with Crippen LogP contribution in [0.1, 0.15) is 33.1 Å². The number of hydrogen-bond donors (Lipinski definition) is 0. The largest absolute Gasteiger partial charge is 0.465 e. The Hall–Kier alpha value is -1.34. The Balaban J connectivity index is 2.84. The molecular formula is C13H18O4. The molecule has 1 heterocycles. The van der Waals surface area contributed by atoms with Gasteiger partial charge >= 0.3 is 5.97 Å². The van der Waals surface area contributed by atoms with Gasteiger partial charge in [0.25, 0.3) is 0 Å².